The van der Waals surface area contributed by atoms with E-state index in [-0.39, 0.29) is 17.4 Å². The number of nitrogens with zero attached hydrogens (tertiary/aromatic N) is 2. The third-order valence-corrected chi connectivity index (χ3v) is 6.43. The van der Waals surface area contributed by atoms with Crippen LogP contribution in [-0.2, 0) is 4.79 Å². The van der Waals surface area contributed by atoms with Crippen LogP contribution in [0.25, 0.3) is 0 Å². The molecule has 2 amide bonds. The predicted molar refractivity (Wildman–Crippen MR) is 106 cm³/mol. The van der Waals surface area contributed by atoms with Crippen LogP contribution in [0.3, 0.4) is 0 Å². The molecule has 1 aromatic carbocycles. The molecule has 2 heterocycles. The summed E-state index contributed by atoms with van der Waals surface area (Å²) >= 11 is 6.38. The molecule has 1 saturated heterocycles. The van der Waals surface area contributed by atoms with Crippen LogP contribution in [0.1, 0.15) is 55.8 Å². The lowest BCUT2D eigenvalue weighted by Crippen LogP contribution is -2.65. The average Bonchev–Trinajstić information content (AvgIpc) is 2.93. The SMILES string of the molecule is CC(=O)N1CCN(C(=O)c2cc(Cl)c3c(c2)OCCCO3)CC12CCCCC2. The van der Waals surface area contributed by atoms with E-state index in [2.05, 4.69) is 0 Å². The molecule has 0 aromatic heterocycles. The second-order valence-electron chi connectivity index (χ2n) is 8.02. The molecule has 1 spiro atoms. The number of hydrogen-bond acceptors (Lipinski definition) is 4. The van der Waals surface area contributed by atoms with Gasteiger partial charge in [-0.3, -0.25) is 9.59 Å². The number of fused-ring (bicyclic) bond motifs is 1. The minimum absolute atomic E-state index is 0.0642. The number of piperazine rings is 1. The van der Waals surface area contributed by atoms with Crippen LogP contribution >= 0.6 is 11.6 Å². The number of hydrogen-bond donors (Lipinski definition) is 0. The molecule has 4 rings (SSSR count). The summed E-state index contributed by atoms with van der Waals surface area (Å²) in [6.07, 6.45) is 6.09. The third-order valence-electron chi connectivity index (χ3n) is 6.15. The van der Waals surface area contributed by atoms with Gasteiger partial charge in [0.2, 0.25) is 5.91 Å². The van der Waals surface area contributed by atoms with Gasteiger partial charge in [0, 0.05) is 38.5 Å². The van der Waals surface area contributed by atoms with E-state index in [4.69, 9.17) is 21.1 Å². The van der Waals surface area contributed by atoms with Gasteiger partial charge in [-0.15, -0.1) is 0 Å². The Morgan fingerprint density at radius 3 is 2.54 bits per heavy atom. The highest BCUT2D eigenvalue weighted by molar-refractivity contribution is 6.32. The van der Waals surface area contributed by atoms with E-state index in [1.165, 1.54) is 6.42 Å². The fourth-order valence-electron chi connectivity index (χ4n) is 4.82. The lowest BCUT2D eigenvalue weighted by atomic mass is 9.78. The molecule has 0 unspecified atom stereocenters. The number of benzene rings is 1. The first-order chi connectivity index (χ1) is 13.5. The number of amides is 2. The van der Waals surface area contributed by atoms with Gasteiger partial charge in [0.1, 0.15) is 0 Å². The Bertz CT molecular complexity index is 776. The Morgan fingerprint density at radius 1 is 1.04 bits per heavy atom. The van der Waals surface area contributed by atoms with Gasteiger partial charge in [-0.2, -0.15) is 0 Å². The van der Waals surface area contributed by atoms with E-state index in [0.29, 0.717) is 54.9 Å². The molecule has 6 nitrogen and oxygen atoms in total. The largest absolute Gasteiger partial charge is 0.489 e. The van der Waals surface area contributed by atoms with Crippen LogP contribution in [0.5, 0.6) is 11.5 Å². The molecule has 0 N–H and O–H groups in total. The van der Waals surface area contributed by atoms with Crippen molar-refractivity contribution in [2.24, 2.45) is 0 Å². The van der Waals surface area contributed by atoms with Crippen molar-refractivity contribution in [3.8, 4) is 11.5 Å². The molecular weight excluding hydrogens is 380 g/mol. The molecule has 1 saturated carbocycles. The number of carbonyl (C=O) groups is 2. The molecule has 7 heteroatoms. The van der Waals surface area contributed by atoms with Crippen LogP contribution in [0.15, 0.2) is 12.1 Å². The Labute approximate surface area is 170 Å². The molecule has 28 heavy (non-hydrogen) atoms. The summed E-state index contributed by atoms with van der Waals surface area (Å²) in [5.41, 5.74) is 0.282. The molecule has 3 aliphatic rings. The second-order valence-corrected chi connectivity index (χ2v) is 8.43. The van der Waals surface area contributed by atoms with E-state index in [0.717, 1.165) is 32.1 Å². The van der Waals surface area contributed by atoms with Crippen molar-refractivity contribution in [1.82, 2.24) is 9.80 Å². The van der Waals surface area contributed by atoms with Crippen LogP contribution in [0.4, 0.5) is 0 Å². The highest BCUT2D eigenvalue weighted by atomic mass is 35.5. The zero-order valence-corrected chi connectivity index (χ0v) is 17.1. The second kappa shape index (κ2) is 7.82. The maximum absolute atomic E-state index is 13.3. The van der Waals surface area contributed by atoms with Crippen LogP contribution < -0.4 is 9.47 Å². The fourth-order valence-corrected chi connectivity index (χ4v) is 5.08. The summed E-state index contributed by atoms with van der Waals surface area (Å²) in [5, 5.41) is 0.400. The van der Waals surface area contributed by atoms with Crippen molar-refractivity contribution >= 4 is 23.4 Å². The highest BCUT2D eigenvalue weighted by Crippen LogP contribution is 2.40. The Kier molecular flexibility index (Phi) is 5.41. The molecule has 152 valence electrons. The maximum Gasteiger partial charge on any atom is 0.254 e. The van der Waals surface area contributed by atoms with Gasteiger partial charge in [-0.1, -0.05) is 30.9 Å². The van der Waals surface area contributed by atoms with E-state index in [9.17, 15) is 9.59 Å². The first-order valence-electron chi connectivity index (χ1n) is 10.2. The smallest absolute Gasteiger partial charge is 0.254 e. The number of ether oxygens (including phenoxy) is 2. The normalized spacial score (nSPS) is 21.4. The van der Waals surface area contributed by atoms with E-state index >= 15 is 0 Å². The van der Waals surface area contributed by atoms with Gasteiger partial charge < -0.3 is 19.3 Å². The lowest BCUT2D eigenvalue weighted by molar-refractivity contribution is -0.141. The first kappa shape index (κ1) is 19.4. The van der Waals surface area contributed by atoms with E-state index < -0.39 is 0 Å². The quantitative estimate of drug-likeness (QED) is 0.716. The molecule has 2 fully saturated rings. The number of halogens is 1. The number of rotatable bonds is 1. The summed E-state index contributed by atoms with van der Waals surface area (Å²) < 4.78 is 11.4. The zero-order valence-electron chi connectivity index (χ0n) is 16.3. The fraction of sp³-hybridized carbons (Fsp3) is 0.619. The molecule has 1 aliphatic carbocycles. The minimum Gasteiger partial charge on any atom is -0.489 e. The molecule has 1 aromatic rings. The summed E-state index contributed by atoms with van der Waals surface area (Å²) in [4.78, 5) is 29.4. The van der Waals surface area contributed by atoms with E-state index in [1.54, 1.807) is 19.1 Å². The molecular formula is C21H27ClN2O4. The monoisotopic (exact) mass is 406 g/mol. The molecule has 0 radical (unpaired) electrons. The molecule has 2 aliphatic heterocycles. The van der Waals surface area contributed by atoms with Crippen LogP contribution in [0.2, 0.25) is 5.02 Å². The van der Waals surface area contributed by atoms with Gasteiger partial charge in [-0.25, -0.2) is 0 Å². The zero-order chi connectivity index (χ0) is 19.7. The van der Waals surface area contributed by atoms with Crippen molar-refractivity contribution in [3.63, 3.8) is 0 Å². The third kappa shape index (κ3) is 3.54. The summed E-state index contributed by atoms with van der Waals surface area (Å²) in [7, 11) is 0. The Hall–Kier alpha value is -1.95. The molecule has 0 atom stereocenters. The van der Waals surface area contributed by atoms with Gasteiger partial charge in [0.25, 0.3) is 5.91 Å². The first-order valence-corrected chi connectivity index (χ1v) is 10.5. The average molecular weight is 407 g/mol. The Balaban J connectivity index is 1.59. The van der Waals surface area contributed by atoms with Crippen molar-refractivity contribution in [1.29, 1.82) is 0 Å². The summed E-state index contributed by atoms with van der Waals surface area (Å²) in [6.45, 7) is 4.43. The lowest BCUT2D eigenvalue weighted by Gasteiger charge is -2.52. The van der Waals surface area contributed by atoms with Crippen molar-refractivity contribution < 1.29 is 19.1 Å². The van der Waals surface area contributed by atoms with Gasteiger partial charge in [0.15, 0.2) is 11.5 Å². The Morgan fingerprint density at radius 2 is 1.79 bits per heavy atom. The molecule has 0 bridgehead atoms. The van der Waals surface area contributed by atoms with Crippen molar-refractivity contribution in [2.75, 3.05) is 32.8 Å². The van der Waals surface area contributed by atoms with E-state index in [1.807, 2.05) is 9.80 Å². The topological polar surface area (TPSA) is 59.1 Å². The van der Waals surface area contributed by atoms with Crippen LogP contribution in [0, 0.1) is 0 Å². The van der Waals surface area contributed by atoms with Gasteiger partial charge in [-0.05, 0) is 25.0 Å². The highest BCUT2D eigenvalue weighted by Gasteiger charge is 2.44. The van der Waals surface area contributed by atoms with Crippen molar-refractivity contribution in [3.05, 3.63) is 22.7 Å². The van der Waals surface area contributed by atoms with Crippen molar-refractivity contribution in [2.45, 2.75) is 51.0 Å². The maximum atomic E-state index is 13.3. The summed E-state index contributed by atoms with van der Waals surface area (Å²) in [6, 6.07) is 3.40. The predicted octanol–water partition coefficient (Wildman–Crippen LogP) is 3.51. The van der Waals surface area contributed by atoms with Crippen LogP contribution in [-0.4, -0.2) is 60.0 Å². The number of carbonyl (C=O) groups excluding carboxylic acids is 2. The minimum atomic E-state index is -0.229. The summed E-state index contributed by atoms with van der Waals surface area (Å²) in [5.74, 6) is 1.09. The van der Waals surface area contributed by atoms with Gasteiger partial charge >= 0.3 is 0 Å². The standard InChI is InChI=1S/C21H27ClN2O4/c1-15(25)24-9-8-23(14-21(24)6-3-2-4-7-21)20(26)16-12-17(22)19-18(13-16)27-10-5-11-28-19/h12-13H,2-11,14H2,1H3. The van der Waals surface area contributed by atoms with Gasteiger partial charge in [0.05, 0.1) is 23.8 Å².